The van der Waals surface area contributed by atoms with Crippen LogP contribution in [0.15, 0.2) is 42.5 Å². The predicted octanol–water partition coefficient (Wildman–Crippen LogP) is 4.05. The minimum Gasteiger partial charge on any atom is -0.271 e. The topological polar surface area (TPSA) is 38.0 Å². The first-order valence-electron chi connectivity index (χ1n) is 7.63. The van der Waals surface area contributed by atoms with Crippen molar-refractivity contribution in [3.63, 3.8) is 0 Å². The maximum atomic E-state index is 5.83. The summed E-state index contributed by atoms with van der Waals surface area (Å²) < 4.78 is 0. The molecule has 0 bridgehead atoms. The Hall–Kier alpha value is -1.64. The second kappa shape index (κ2) is 6.88. The molecule has 2 heteroatoms. The molecule has 0 saturated carbocycles. The van der Waals surface area contributed by atoms with Crippen molar-refractivity contribution in [3.8, 4) is 0 Å². The van der Waals surface area contributed by atoms with Crippen molar-refractivity contribution in [2.45, 2.75) is 40.2 Å². The molecule has 2 aromatic carbocycles. The summed E-state index contributed by atoms with van der Waals surface area (Å²) in [5, 5.41) is 0. The summed E-state index contributed by atoms with van der Waals surface area (Å²) in [5.74, 6) is 6.48. The first-order valence-corrected chi connectivity index (χ1v) is 7.63. The third-order valence-corrected chi connectivity index (χ3v) is 3.96. The van der Waals surface area contributed by atoms with Gasteiger partial charge in [0.25, 0.3) is 0 Å². The van der Waals surface area contributed by atoms with Gasteiger partial charge in [-0.05, 0) is 54.0 Å². The van der Waals surface area contributed by atoms with E-state index in [1.54, 1.807) is 0 Å². The first-order chi connectivity index (χ1) is 10.0. The average Bonchev–Trinajstić information content (AvgIpc) is 2.43. The van der Waals surface area contributed by atoms with E-state index in [9.17, 15) is 0 Å². The highest BCUT2D eigenvalue weighted by Crippen LogP contribution is 2.24. The van der Waals surface area contributed by atoms with Crippen molar-refractivity contribution >= 4 is 0 Å². The van der Waals surface area contributed by atoms with E-state index < -0.39 is 0 Å². The number of rotatable bonds is 5. The number of aryl methyl sites for hydroxylation is 2. The molecule has 0 saturated heterocycles. The van der Waals surface area contributed by atoms with Gasteiger partial charge < -0.3 is 0 Å². The maximum Gasteiger partial charge on any atom is 0.0710 e. The highest BCUT2D eigenvalue weighted by molar-refractivity contribution is 5.38. The molecule has 1 atom stereocenters. The second-order valence-corrected chi connectivity index (χ2v) is 6.29. The Kier molecular flexibility index (Phi) is 5.16. The molecule has 3 N–H and O–H groups in total. The molecule has 112 valence electrons. The fourth-order valence-electron chi connectivity index (χ4n) is 2.70. The van der Waals surface area contributed by atoms with Gasteiger partial charge in [0.05, 0.1) is 6.04 Å². The predicted molar refractivity (Wildman–Crippen MR) is 90.1 cm³/mol. The Labute approximate surface area is 128 Å². The van der Waals surface area contributed by atoms with Crippen molar-refractivity contribution in [2.24, 2.45) is 11.8 Å². The molecule has 0 radical (unpaired) electrons. The highest BCUT2D eigenvalue weighted by atomic mass is 15.2. The maximum absolute atomic E-state index is 5.83. The normalized spacial score (nSPS) is 12.7. The van der Waals surface area contributed by atoms with E-state index in [0.717, 1.165) is 6.42 Å². The molecule has 21 heavy (non-hydrogen) atoms. The smallest absolute Gasteiger partial charge is 0.0710 e. The highest BCUT2D eigenvalue weighted by Gasteiger charge is 2.13. The molecule has 0 heterocycles. The van der Waals surface area contributed by atoms with Gasteiger partial charge in [-0.1, -0.05) is 56.3 Å². The van der Waals surface area contributed by atoms with Crippen LogP contribution in [0.1, 0.15) is 47.7 Å². The third-order valence-electron chi connectivity index (χ3n) is 3.96. The molecule has 0 fully saturated rings. The molecule has 0 aliphatic rings. The molecule has 2 nitrogen and oxygen atoms in total. The number of benzene rings is 2. The van der Waals surface area contributed by atoms with Gasteiger partial charge in [0.2, 0.25) is 0 Å². The second-order valence-electron chi connectivity index (χ2n) is 6.29. The van der Waals surface area contributed by atoms with Crippen LogP contribution in [0.2, 0.25) is 0 Å². The van der Waals surface area contributed by atoms with Gasteiger partial charge in [-0.25, -0.2) is 5.43 Å². The summed E-state index contributed by atoms with van der Waals surface area (Å²) in [7, 11) is 0. The van der Waals surface area contributed by atoms with E-state index in [4.69, 9.17) is 5.84 Å². The Bertz CT molecular complexity index is 602. The van der Waals surface area contributed by atoms with Crippen molar-refractivity contribution in [1.29, 1.82) is 0 Å². The number of hydrogen-bond donors (Lipinski definition) is 2. The van der Waals surface area contributed by atoms with Gasteiger partial charge in [-0.3, -0.25) is 5.84 Å². The van der Waals surface area contributed by atoms with Crippen LogP contribution in [0.3, 0.4) is 0 Å². The molecule has 1 unspecified atom stereocenters. The van der Waals surface area contributed by atoms with Crippen LogP contribution in [0.5, 0.6) is 0 Å². The van der Waals surface area contributed by atoms with E-state index in [1.807, 2.05) is 0 Å². The molecule has 2 aromatic rings. The zero-order valence-corrected chi connectivity index (χ0v) is 13.5. The van der Waals surface area contributed by atoms with Crippen LogP contribution < -0.4 is 11.3 Å². The Morgan fingerprint density at radius 1 is 0.952 bits per heavy atom. The lowest BCUT2D eigenvalue weighted by Gasteiger charge is -2.19. The lowest BCUT2D eigenvalue weighted by Crippen LogP contribution is -2.29. The molecular weight excluding hydrogens is 256 g/mol. The average molecular weight is 282 g/mol. The van der Waals surface area contributed by atoms with E-state index in [-0.39, 0.29) is 6.04 Å². The molecule has 0 aromatic heterocycles. The van der Waals surface area contributed by atoms with Crippen LogP contribution in [0.4, 0.5) is 0 Å². The van der Waals surface area contributed by atoms with Crippen molar-refractivity contribution in [2.75, 3.05) is 0 Å². The van der Waals surface area contributed by atoms with Crippen molar-refractivity contribution in [1.82, 2.24) is 5.43 Å². The number of nitrogens with one attached hydrogen (secondary N) is 1. The lowest BCUT2D eigenvalue weighted by atomic mass is 9.93. The van der Waals surface area contributed by atoms with Gasteiger partial charge in [0, 0.05) is 0 Å². The minimum atomic E-state index is 0.0383. The van der Waals surface area contributed by atoms with Gasteiger partial charge >= 0.3 is 0 Å². The van der Waals surface area contributed by atoms with E-state index in [1.165, 1.54) is 27.8 Å². The number of nitrogens with two attached hydrogens (primary N) is 1. The lowest BCUT2D eigenvalue weighted by molar-refractivity contribution is 0.627. The number of hydrazine groups is 1. The molecule has 0 aliphatic heterocycles. The van der Waals surface area contributed by atoms with Gasteiger partial charge in [0.1, 0.15) is 0 Å². The van der Waals surface area contributed by atoms with Gasteiger partial charge in [-0.15, -0.1) is 0 Å². The summed E-state index contributed by atoms with van der Waals surface area (Å²) in [4.78, 5) is 0. The van der Waals surface area contributed by atoms with Gasteiger partial charge in [0.15, 0.2) is 0 Å². The molecule has 0 amide bonds. The fraction of sp³-hybridized carbons (Fsp3) is 0.368. The van der Waals surface area contributed by atoms with E-state index in [2.05, 4.69) is 75.6 Å². The van der Waals surface area contributed by atoms with Crippen LogP contribution >= 0.6 is 0 Å². The summed E-state index contributed by atoms with van der Waals surface area (Å²) in [6.07, 6.45) is 1.10. The Balaban J connectivity index is 2.34. The number of hydrogen-bond acceptors (Lipinski definition) is 2. The summed E-state index contributed by atoms with van der Waals surface area (Å²) in [6.45, 7) is 8.76. The molecule has 0 aliphatic carbocycles. The molecule has 2 rings (SSSR count). The largest absolute Gasteiger partial charge is 0.271 e. The fourth-order valence-corrected chi connectivity index (χ4v) is 2.70. The summed E-state index contributed by atoms with van der Waals surface area (Å²) >= 11 is 0. The minimum absolute atomic E-state index is 0.0383. The van der Waals surface area contributed by atoms with Crippen LogP contribution in [-0.2, 0) is 6.42 Å². The van der Waals surface area contributed by atoms with Crippen LogP contribution in [0, 0.1) is 19.8 Å². The monoisotopic (exact) mass is 282 g/mol. The van der Waals surface area contributed by atoms with Crippen LogP contribution in [0.25, 0.3) is 0 Å². The Morgan fingerprint density at radius 3 is 2.29 bits per heavy atom. The first kappa shape index (κ1) is 15.7. The quantitative estimate of drug-likeness (QED) is 0.641. The summed E-state index contributed by atoms with van der Waals surface area (Å²) in [5.41, 5.74) is 9.37. The van der Waals surface area contributed by atoms with Crippen molar-refractivity contribution in [3.05, 3.63) is 70.3 Å². The zero-order chi connectivity index (χ0) is 15.4. The standard InChI is InChI=1S/C19H26N2/c1-13(2)10-16-6-5-7-17(12-16)19(21-20)18-9-8-14(3)15(4)11-18/h5-9,11-13,19,21H,10,20H2,1-4H3. The Morgan fingerprint density at radius 2 is 1.67 bits per heavy atom. The van der Waals surface area contributed by atoms with Crippen molar-refractivity contribution < 1.29 is 0 Å². The molecule has 0 spiro atoms. The third kappa shape index (κ3) is 3.93. The van der Waals surface area contributed by atoms with Gasteiger partial charge in [-0.2, -0.15) is 0 Å². The zero-order valence-electron chi connectivity index (χ0n) is 13.5. The van der Waals surface area contributed by atoms with Crippen LogP contribution in [-0.4, -0.2) is 0 Å². The van der Waals surface area contributed by atoms with E-state index in [0.29, 0.717) is 5.92 Å². The molecular formula is C19H26N2. The SMILES string of the molecule is Cc1ccc(C(NN)c2cccc(CC(C)C)c2)cc1C. The van der Waals surface area contributed by atoms with E-state index >= 15 is 0 Å². The summed E-state index contributed by atoms with van der Waals surface area (Å²) in [6, 6.07) is 15.3.